The Morgan fingerprint density at radius 2 is 1.94 bits per heavy atom. The van der Waals surface area contributed by atoms with Gasteiger partial charge in [0.1, 0.15) is 0 Å². The molecule has 0 aromatic rings. The van der Waals surface area contributed by atoms with Crippen LogP contribution in [-0.2, 0) is 9.59 Å². The number of likely N-dealkylation sites (tertiary alicyclic amines) is 1. The number of carboxylic acids is 1. The highest BCUT2D eigenvalue weighted by Gasteiger charge is 2.19. The molecule has 1 aliphatic rings. The molecule has 0 bridgehead atoms. The van der Waals surface area contributed by atoms with Crippen molar-refractivity contribution in [2.75, 3.05) is 33.7 Å². The van der Waals surface area contributed by atoms with Crippen LogP contribution in [0, 0.1) is 5.92 Å². The van der Waals surface area contributed by atoms with Gasteiger partial charge in [-0.05, 0) is 38.9 Å². The second-order valence-electron chi connectivity index (χ2n) is 4.64. The molecule has 5 heteroatoms. The summed E-state index contributed by atoms with van der Waals surface area (Å²) in [6.07, 6.45) is 4.18. The molecule has 96 valence electrons. The summed E-state index contributed by atoms with van der Waals surface area (Å²) in [6.45, 7) is 2.84. The summed E-state index contributed by atoms with van der Waals surface area (Å²) in [6, 6.07) is 0. The Morgan fingerprint density at radius 3 is 2.47 bits per heavy atom. The molecule has 1 N–H and O–H groups in total. The van der Waals surface area contributed by atoms with Crippen molar-refractivity contribution in [1.82, 2.24) is 9.80 Å². The molecule has 0 unspecified atom stereocenters. The van der Waals surface area contributed by atoms with E-state index < -0.39 is 5.97 Å². The van der Waals surface area contributed by atoms with Crippen molar-refractivity contribution >= 4 is 11.9 Å². The van der Waals surface area contributed by atoms with Crippen LogP contribution in [0.4, 0.5) is 0 Å². The first-order valence-corrected chi connectivity index (χ1v) is 5.83. The monoisotopic (exact) mass is 240 g/mol. The number of amides is 1. The van der Waals surface area contributed by atoms with Crippen LogP contribution in [0.2, 0.25) is 0 Å². The van der Waals surface area contributed by atoms with Crippen LogP contribution < -0.4 is 0 Å². The molecule has 1 saturated heterocycles. The van der Waals surface area contributed by atoms with Crippen molar-refractivity contribution < 1.29 is 14.7 Å². The van der Waals surface area contributed by atoms with Gasteiger partial charge in [-0.2, -0.15) is 0 Å². The Hall–Kier alpha value is -1.36. The van der Waals surface area contributed by atoms with Crippen molar-refractivity contribution in [3.63, 3.8) is 0 Å². The Morgan fingerprint density at radius 1 is 1.35 bits per heavy atom. The van der Waals surface area contributed by atoms with E-state index in [0.717, 1.165) is 38.1 Å². The second kappa shape index (κ2) is 6.39. The summed E-state index contributed by atoms with van der Waals surface area (Å²) >= 11 is 0. The van der Waals surface area contributed by atoms with Gasteiger partial charge in [-0.1, -0.05) is 0 Å². The molecule has 1 aliphatic heterocycles. The molecule has 1 rings (SSSR count). The van der Waals surface area contributed by atoms with Gasteiger partial charge in [-0.25, -0.2) is 4.79 Å². The molecule has 1 amide bonds. The van der Waals surface area contributed by atoms with Gasteiger partial charge in [0, 0.05) is 25.7 Å². The van der Waals surface area contributed by atoms with Crippen LogP contribution in [0.25, 0.3) is 0 Å². The van der Waals surface area contributed by atoms with Gasteiger partial charge in [0.25, 0.3) is 0 Å². The van der Waals surface area contributed by atoms with E-state index in [0.29, 0.717) is 12.5 Å². The molecule has 0 saturated carbocycles. The molecule has 5 nitrogen and oxygen atoms in total. The Labute approximate surface area is 102 Å². The van der Waals surface area contributed by atoms with Crippen LogP contribution in [0.5, 0.6) is 0 Å². The highest BCUT2D eigenvalue weighted by Crippen LogP contribution is 2.16. The van der Waals surface area contributed by atoms with E-state index in [1.54, 1.807) is 11.9 Å². The average Bonchev–Trinajstić information content (AvgIpc) is 2.28. The fourth-order valence-corrected chi connectivity index (χ4v) is 1.99. The molecule has 0 aromatic heterocycles. The molecule has 0 spiro atoms. The highest BCUT2D eigenvalue weighted by molar-refractivity contribution is 5.93. The van der Waals surface area contributed by atoms with E-state index in [9.17, 15) is 9.59 Å². The third-order valence-electron chi connectivity index (χ3n) is 3.11. The first kappa shape index (κ1) is 13.7. The summed E-state index contributed by atoms with van der Waals surface area (Å²) in [4.78, 5) is 25.7. The number of likely N-dealkylation sites (N-methyl/N-ethyl adjacent to an activating group) is 1. The lowest BCUT2D eigenvalue weighted by atomic mass is 9.97. The topological polar surface area (TPSA) is 60.9 Å². The maximum absolute atomic E-state index is 11.6. The lowest BCUT2D eigenvalue weighted by molar-refractivity contribution is -0.132. The number of aliphatic carboxylic acids is 1. The SMILES string of the molecule is CN1CCC(CN(C)C(=O)C=CC(=O)O)CC1. The minimum Gasteiger partial charge on any atom is -0.478 e. The molecule has 1 fully saturated rings. The summed E-state index contributed by atoms with van der Waals surface area (Å²) in [5.74, 6) is -0.809. The highest BCUT2D eigenvalue weighted by atomic mass is 16.4. The van der Waals surface area contributed by atoms with Gasteiger partial charge in [0.15, 0.2) is 0 Å². The minimum absolute atomic E-state index is 0.244. The Bertz CT molecular complexity index is 307. The number of hydrogen-bond donors (Lipinski definition) is 1. The van der Waals surface area contributed by atoms with Gasteiger partial charge in [-0.15, -0.1) is 0 Å². The van der Waals surface area contributed by atoms with Gasteiger partial charge >= 0.3 is 5.97 Å². The quantitative estimate of drug-likeness (QED) is 0.724. The van der Waals surface area contributed by atoms with E-state index in [2.05, 4.69) is 11.9 Å². The Kier molecular flexibility index (Phi) is 5.15. The van der Waals surface area contributed by atoms with Gasteiger partial charge in [-0.3, -0.25) is 4.79 Å². The molecule has 0 radical (unpaired) electrons. The molecule has 0 atom stereocenters. The van der Waals surface area contributed by atoms with Crippen LogP contribution in [0.3, 0.4) is 0 Å². The number of piperidine rings is 1. The smallest absolute Gasteiger partial charge is 0.328 e. The number of carbonyl (C=O) groups excluding carboxylic acids is 1. The maximum Gasteiger partial charge on any atom is 0.328 e. The van der Waals surface area contributed by atoms with Crippen molar-refractivity contribution in [3.05, 3.63) is 12.2 Å². The van der Waals surface area contributed by atoms with Crippen molar-refractivity contribution in [3.8, 4) is 0 Å². The van der Waals surface area contributed by atoms with Crippen LogP contribution >= 0.6 is 0 Å². The van der Waals surface area contributed by atoms with E-state index in [4.69, 9.17) is 5.11 Å². The molecule has 1 heterocycles. The predicted octanol–water partition coefficient (Wildman–Crippen LogP) is 0.427. The first-order chi connectivity index (χ1) is 7.99. The predicted molar refractivity (Wildman–Crippen MR) is 64.6 cm³/mol. The molecule has 0 aromatic carbocycles. The van der Waals surface area contributed by atoms with E-state index in [1.807, 2.05) is 0 Å². The summed E-state index contributed by atoms with van der Waals surface area (Å²) in [5.41, 5.74) is 0. The molecular weight excluding hydrogens is 220 g/mol. The number of rotatable bonds is 4. The fourth-order valence-electron chi connectivity index (χ4n) is 1.99. The number of carboxylic acid groups (broad SMARTS) is 1. The lowest BCUT2D eigenvalue weighted by Crippen LogP contribution is -2.37. The number of carbonyl (C=O) groups is 2. The van der Waals surface area contributed by atoms with Crippen molar-refractivity contribution in [2.24, 2.45) is 5.92 Å². The van der Waals surface area contributed by atoms with E-state index in [-0.39, 0.29) is 5.91 Å². The molecule has 0 aliphatic carbocycles. The second-order valence-corrected chi connectivity index (χ2v) is 4.64. The van der Waals surface area contributed by atoms with Crippen molar-refractivity contribution in [2.45, 2.75) is 12.8 Å². The largest absolute Gasteiger partial charge is 0.478 e. The van der Waals surface area contributed by atoms with E-state index in [1.165, 1.54) is 0 Å². The zero-order valence-corrected chi connectivity index (χ0v) is 10.4. The van der Waals surface area contributed by atoms with Crippen LogP contribution in [-0.4, -0.2) is 60.5 Å². The molecule has 17 heavy (non-hydrogen) atoms. The van der Waals surface area contributed by atoms with Crippen LogP contribution in [0.15, 0.2) is 12.2 Å². The third kappa shape index (κ3) is 4.99. The summed E-state index contributed by atoms with van der Waals surface area (Å²) in [5, 5.41) is 8.43. The average molecular weight is 240 g/mol. The summed E-state index contributed by atoms with van der Waals surface area (Å²) in [7, 11) is 3.81. The zero-order chi connectivity index (χ0) is 12.8. The van der Waals surface area contributed by atoms with Gasteiger partial charge in [0.05, 0.1) is 0 Å². The summed E-state index contributed by atoms with van der Waals surface area (Å²) < 4.78 is 0. The number of nitrogens with zero attached hydrogens (tertiary/aromatic N) is 2. The zero-order valence-electron chi connectivity index (χ0n) is 10.4. The first-order valence-electron chi connectivity index (χ1n) is 5.83. The van der Waals surface area contributed by atoms with Crippen molar-refractivity contribution in [1.29, 1.82) is 0 Å². The number of hydrogen-bond acceptors (Lipinski definition) is 3. The minimum atomic E-state index is -1.09. The normalized spacial score (nSPS) is 18.5. The third-order valence-corrected chi connectivity index (χ3v) is 3.11. The van der Waals surface area contributed by atoms with Gasteiger partial charge in [0.2, 0.25) is 5.91 Å². The lowest BCUT2D eigenvalue weighted by Gasteiger charge is -2.31. The van der Waals surface area contributed by atoms with Gasteiger partial charge < -0.3 is 14.9 Å². The standard InChI is InChI=1S/C12H20N2O3/c1-13-7-5-10(6-8-13)9-14(2)11(15)3-4-12(16)17/h3-4,10H,5-9H2,1-2H3,(H,16,17). The molecular formula is C12H20N2O3. The van der Waals surface area contributed by atoms with E-state index >= 15 is 0 Å². The fraction of sp³-hybridized carbons (Fsp3) is 0.667. The maximum atomic E-state index is 11.6. The van der Waals surface area contributed by atoms with Crippen LogP contribution in [0.1, 0.15) is 12.8 Å². The Balaban J connectivity index is 2.35.